The van der Waals surface area contributed by atoms with Crippen molar-refractivity contribution in [2.45, 2.75) is 56.6 Å². The predicted octanol–water partition coefficient (Wildman–Crippen LogP) is 3.23. The largest absolute Gasteiger partial charge is 0.452 e. The van der Waals surface area contributed by atoms with E-state index in [0.717, 1.165) is 18.6 Å². The third-order valence-corrected chi connectivity index (χ3v) is 6.98. The molecular weight excluding hydrogens is 557 g/mol. The second kappa shape index (κ2) is 9.21. The van der Waals surface area contributed by atoms with Crippen molar-refractivity contribution in [2.75, 3.05) is 5.32 Å². The molecule has 11 nitrogen and oxygen atoms in total. The maximum absolute atomic E-state index is 15.8. The first-order valence-corrected chi connectivity index (χ1v) is 12.4. The van der Waals surface area contributed by atoms with Gasteiger partial charge in [0.25, 0.3) is 0 Å². The summed E-state index contributed by atoms with van der Waals surface area (Å²) in [5, 5.41) is 11.3. The van der Waals surface area contributed by atoms with Crippen LogP contribution in [0, 0.1) is 5.82 Å². The number of alkyl halides is 4. The minimum Gasteiger partial charge on any atom is -0.452 e. The molecule has 2 atom stereocenters. The number of ether oxygens (including phenoxy) is 1. The van der Waals surface area contributed by atoms with E-state index in [-0.39, 0.29) is 52.4 Å². The topological polar surface area (TPSA) is 143 Å². The number of hydrogen-bond acceptors (Lipinski definition) is 7. The van der Waals surface area contributed by atoms with Crippen LogP contribution in [0.25, 0.3) is 27.8 Å². The van der Waals surface area contributed by atoms with E-state index in [9.17, 15) is 31.9 Å². The first kappa shape index (κ1) is 26.6. The predicted molar refractivity (Wildman–Crippen MR) is 131 cm³/mol. The Labute approximate surface area is 226 Å². The number of amides is 2. The van der Waals surface area contributed by atoms with E-state index in [1.807, 2.05) is 0 Å². The molecule has 2 aliphatic carbocycles. The summed E-state index contributed by atoms with van der Waals surface area (Å²) in [5.41, 5.74) is -3.37. The maximum atomic E-state index is 15.8. The normalized spacial score (nSPS) is 19.3. The Bertz CT molecular complexity index is 1740. The number of carbonyl (C=O) groups is 3. The zero-order valence-corrected chi connectivity index (χ0v) is 21.1. The molecule has 0 aliphatic heterocycles. The number of fused-ring (bicyclic) bond motifs is 2. The molecule has 3 N–H and O–H groups in total. The monoisotopic (exact) mass is 577 g/mol. The van der Waals surface area contributed by atoms with Crippen molar-refractivity contribution >= 4 is 40.2 Å². The second-order valence-electron chi connectivity index (χ2n) is 10.2. The molecule has 3 heterocycles. The number of carbonyl (C=O) groups excluding carboxylic acids is 3. The fraction of sp³-hybridized carbons (Fsp3) is 0.360. The number of anilines is 1. The average Bonchev–Trinajstić information content (AvgIpc) is 3.65. The van der Waals surface area contributed by atoms with Gasteiger partial charge in [-0.3, -0.25) is 25.0 Å². The Morgan fingerprint density at radius 1 is 1.22 bits per heavy atom. The van der Waals surface area contributed by atoms with E-state index in [2.05, 4.69) is 35.5 Å². The van der Waals surface area contributed by atoms with Crippen LogP contribution in [0.3, 0.4) is 0 Å². The highest BCUT2D eigenvalue weighted by molar-refractivity contribution is 6.37. The quantitative estimate of drug-likeness (QED) is 0.181. The second-order valence-corrected chi connectivity index (χ2v) is 10.2. The van der Waals surface area contributed by atoms with Crippen molar-refractivity contribution in [1.82, 2.24) is 29.9 Å². The van der Waals surface area contributed by atoms with Crippen molar-refractivity contribution in [1.29, 1.82) is 0 Å². The average molecular weight is 577 g/mol. The van der Waals surface area contributed by atoms with Crippen LogP contribution in [0.1, 0.15) is 37.3 Å². The van der Waals surface area contributed by atoms with Crippen LogP contribution in [0.15, 0.2) is 24.8 Å². The Balaban J connectivity index is 1.39. The lowest BCUT2D eigenvalue weighted by atomic mass is 9.92. The number of aromatic amines is 1. The Morgan fingerprint density at radius 3 is 2.59 bits per heavy atom. The highest BCUT2D eigenvalue weighted by atomic mass is 19.4. The molecule has 0 unspecified atom stereocenters. The Hall–Kier alpha value is -4.63. The molecule has 2 fully saturated rings. The Kier molecular flexibility index (Phi) is 5.97. The van der Waals surface area contributed by atoms with E-state index >= 15 is 4.39 Å². The van der Waals surface area contributed by atoms with Gasteiger partial charge in [0.2, 0.25) is 5.91 Å². The highest BCUT2D eigenvalue weighted by Gasteiger charge is 2.47. The van der Waals surface area contributed by atoms with Crippen LogP contribution in [-0.4, -0.2) is 60.2 Å². The molecule has 1 aromatic carbocycles. The van der Waals surface area contributed by atoms with Gasteiger partial charge in [0.15, 0.2) is 11.5 Å². The summed E-state index contributed by atoms with van der Waals surface area (Å²) in [6, 6.07) is 0. The molecule has 16 heteroatoms. The number of nitrogens with zero attached hydrogens (tertiary/aromatic N) is 4. The number of benzene rings is 1. The summed E-state index contributed by atoms with van der Waals surface area (Å²) >= 11 is 0. The van der Waals surface area contributed by atoms with E-state index in [1.54, 1.807) is 0 Å². The zero-order valence-electron chi connectivity index (χ0n) is 21.1. The molecule has 0 saturated heterocycles. The van der Waals surface area contributed by atoms with Gasteiger partial charge in [-0.25, -0.2) is 18.6 Å². The van der Waals surface area contributed by atoms with Crippen molar-refractivity contribution in [3.63, 3.8) is 0 Å². The number of aromatic nitrogens is 5. The van der Waals surface area contributed by atoms with Crippen LogP contribution in [-0.2, 0) is 31.7 Å². The van der Waals surface area contributed by atoms with Gasteiger partial charge in [0.1, 0.15) is 23.7 Å². The lowest BCUT2D eigenvalue weighted by molar-refractivity contribution is -0.154. The molecule has 0 radical (unpaired) electrons. The van der Waals surface area contributed by atoms with Crippen LogP contribution < -0.4 is 10.6 Å². The third-order valence-electron chi connectivity index (χ3n) is 6.98. The van der Waals surface area contributed by atoms with Gasteiger partial charge in [-0.05, 0) is 12.8 Å². The maximum Gasteiger partial charge on any atom is 0.419 e. The molecule has 2 amide bonds. The molecule has 4 aromatic rings. The number of imidazole rings is 1. The van der Waals surface area contributed by atoms with Crippen LogP contribution >= 0.6 is 0 Å². The van der Waals surface area contributed by atoms with E-state index in [0.29, 0.717) is 12.8 Å². The summed E-state index contributed by atoms with van der Waals surface area (Å²) < 4.78 is 77.9. The summed E-state index contributed by atoms with van der Waals surface area (Å²) in [4.78, 5) is 43.6. The zero-order chi connectivity index (χ0) is 29.3. The van der Waals surface area contributed by atoms with Gasteiger partial charge >= 0.3 is 18.1 Å². The summed E-state index contributed by atoms with van der Waals surface area (Å²) in [6.07, 6.45) is -2.02. The third kappa shape index (κ3) is 4.93. The molecule has 41 heavy (non-hydrogen) atoms. The van der Waals surface area contributed by atoms with Crippen molar-refractivity contribution in [2.24, 2.45) is 0 Å². The molecule has 2 saturated carbocycles. The van der Waals surface area contributed by atoms with Gasteiger partial charge in [-0.2, -0.15) is 18.3 Å². The number of nitrogens with one attached hydrogen (secondary N) is 3. The number of hydrogen-bond donors (Lipinski definition) is 3. The number of esters is 1. The Morgan fingerprint density at radius 2 is 1.95 bits per heavy atom. The standard InChI is InChI=1S/C25H20F5N7O4/c1-10(38)35-24(2-3-24)5-11-20(27)19(25(28,29)30)18(12-6-32-36-21(11)12)14-8-37-9-16(33-17(37)7-31-14)34-22(39)23(40)41-15-4-13(15)26/h6-9,13,15H,2-5H2,1H3,(H,32,36)(H,34,39)(H,35,38)/t13-,15-/m0/s1. The van der Waals surface area contributed by atoms with E-state index in [1.165, 1.54) is 17.5 Å². The van der Waals surface area contributed by atoms with Gasteiger partial charge < -0.3 is 14.5 Å². The van der Waals surface area contributed by atoms with Crippen LogP contribution in [0.5, 0.6) is 0 Å². The van der Waals surface area contributed by atoms with Gasteiger partial charge in [-0.15, -0.1) is 0 Å². The number of halogens is 5. The summed E-state index contributed by atoms with van der Waals surface area (Å²) in [6.45, 7) is 1.28. The SMILES string of the molecule is CC(=O)NC1(Cc2c(F)c(C(F)(F)F)c(-c3cn4cc(NC(=O)C(=O)O[C@H]5C[C@@H]5F)nc4cn3)c3cn[nH]c23)CC1. The summed E-state index contributed by atoms with van der Waals surface area (Å²) in [7, 11) is 0. The molecule has 0 bridgehead atoms. The van der Waals surface area contributed by atoms with Gasteiger partial charge in [-0.1, -0.05) is 0 Å². The minimum absolute atomic E-state index is 0.00340. The van der Waals surface area contributed by atoms with Crippen LogP contribution in [0.4, 0.5) is 27.8 Å². The fourth-order valence-corrected chi connectivity index (χ4v) is 4.83. The lowest BCUT2D eigenvalue weighted by Crippen LogP contribution is -2.37. The number of rotatable bonds is 6. The first-order valence-electron chi connectivity index (χ1n) is 12.4. The van der Waals surface area contributed by atoms with Crippen LogP contribution in [0.2, 0.25) is 0 Å². The fourth-order valence-electron chi connectivity index (χ4n) is 4.83. The highest BCUT2D eigenvalue weighted by Crippen LogP contribution is 2.47. The molecule has 0 spiro atoms. The first-order chi connectivity index (χ1) is 19.3. The summed E-state index contributed by atoms with van der Waals surface area (Å²) in [5.74, 6) is -4.57. The number of H-pyrrole nitrogens is 1. The van der Waals surface area contributed by atoms with E-state index in [4.69, 9.17) is 0 Å². The molecule has 2 aliphatic rings. The van der Waals surface area contributed by atoms with Crippen molar-refractivity contribution in [3.05, 3.63) is 41.7 Å². The minimum atomic E-state index is -5.13. The lowest BCUT2D eigenvalue weighted by Gasteiger charge is -2.21. The molecule has 6 rings (SSSR count). The van der Waals surface area contributed by atoms with Crippen molar-refractivity contribution in [3.8, 4) is 11.3 Å². The molecule has 214 valence electrons. The molecule has 3 aromatic heterocycles. The van der Waals surface area contributed by atoms with Gasteiger partial charge in [0, 0.05) is 48.0 Å². The van der Waals surface area contributed by atoms with E-state index < -0.39 is 52.8 Å². The smallest absolute Gasteiger partial charge is 0.419 e. The molecular formula is C25H20F5N7O4. The van der Waals surface area contributed by atoms with Gasteiger partial charge in [0.05, 0.1) is 29.8 Å². The van der Waals surface area contributed by atoms with Crippen molar-refractivity contribution < 1.29 is 41.1 Å².